The Morgan fingerprint density at radius 2 is 2.29 bits per heavy atom. The second-order valence-electron chi connectivity index (χ2n) is 5.43. The van der Waals surface area contributed by atoms with Gasteiger partial charge in [0.15, 0.2) is 0 Å². The number of likely N-dealkylation sites (tertiary alicyclic amines) is 1. The molecule has 2 N–H and O–H groups in total. The maximum absolute atomic E-state index is 11.1. The van der Waals surface area contributed by atoms with Crippen LogP contribution in [0, 0.1) is 0 Å². The zero-order chi connectivity index (χ0) is 16.9. The van der Waals surface area contributed by atoms with Crippen LogP contribution in [0.3, 0.4) is 0 Å². The fourth-order valence-electron chi connectivity index (χ4n) is 2.69. The Morgan fingerprint density at radius 1 is 1.42 bits per heavy atom. The van der Waals surface area contributed by atoms with Crippen molar-refractivity contribution in [2.45, 2.75) is 18.9 Å². The molecule has 0 aliphatic carbocycles. The standard InChI is InChI=1S/C15H18N6O3/c1-24-13-11(4-7-17-20-13)12-5-6-16-14(19-12)18-10-3-2-8-21(9-10)15(22)23/h4-7,10H,2-3,8-9H2,1H3,(H,22,23)(H,16,18,19)/t10-/m0/s1. The summed E-state index contributed by atoms with van der Waals surface area (Å²) in [6.45, 7) is 0.983. The number of piperidine rings is 1. The fraction of sp³-hybridized carbons (Fsp3) is 0.400. The van der Waals surface area contributed by atoms with E-state index in [1.807, 2.05) is 0 Å². The van der Waals surface area contributed by atoms with E-state index >= 15 is 0 Å². The van der Waals surface area contributed by atoms with Gasteiger partial charge >= 0.3 is 6.09 Å². The number of carbonyl (C=O) groups is 1. The Balaban J connectivity index is 1.77. The molecule has 0 spiro atoms. The quantitative estimate of drug-likeness (QED) is 0.867. The molecule has 0 aromatic carbocycles. The Bertz CT molecular complexity index is 726. The molecule has 0 saturated carbocycles. The van der Waals surface area contributed by atoms with Crippen molar-refractivity contribution in [1.29, 1.82) is 0 Å². The van der Waals surface area contributed by atoms with E-state index in [1.54, 1.807) is 24.5 Å². The molecule has 24 heavy (non-hydrogen) atoms. The van der Waals surface area contributed by atoms with Crippen LogP contribution in [0.5, 0.6) is 5.88 Å². The van der Waals surface area contributed by atoms with Crippen molar-refractivity contribution in [3.8, 4) is 17.1 Å². The summed E-state index contributed by atoms with van der Waals surface area (Å²) in [5, 5.41) is 20.0. The SMILES string of the molecule is COc1nnccc1-c1ccnc(N[C@H]2CCCN(C(=O)O)C2)n1. The minimum absolute atomic E-state index is 0.0115. The number of aromatic nitrogens is 4. The van der Waals surface area contributed by atoms with Crippen LogP contribution >= 0.6 is 0 Å². The van der Waals surface area contributed by atoms with Gasteiger partial charge in [-0.2, -0.15) is 5.10 Å². The summed E-state index contributed by atoms with van der Waals surface area (Å²) in [4.78, 5) is 21.2. The molecule has 3 heterocycles. The number of nitrogens with zero attached hydrogens (tertiary/aromatic N) is 5. The van der Waals surface area contributed by atoms with Crippen molar-refractivity contribution in [2.24, 2.45) is 0 Å². The van der Waals surface area contributed by atoms with Crippen molar-refractivity contribution < 1.29 is 14.6 Å². The second-order valence-corrected chi connectivity index (χ2v) is 5.43. The van der Waals surface area contributed by atoms with E-state index in [2.05, 4.69) is 25.5 Å². The molecule has 1 atom stereocenters. The number of hydrogen-bond acceptors (Lipinski definition) is 7. The third-order valence-corrected chi connectivity index (χ3v) is 3.84. The topological polar surface area (TPSA) is 113 Å². The van der Waals surface area contributed by atoms with E-state index in [-0.39, 0.29) is 6.04 Å². The Hall–Kier alpha value is -2.97. The van der Waals surface area contributed by atoms with Gasteiger partial charge in [0, 0.05) is 25.3 Å². The normalized spacial score (nSPS) is 17.4. The van der Waals surface area contributed by atoms with Gasteiger partial charge in [0.2, 0.25) is 11.8 Å². The van der Waals surface area contributed by atoms with Crippen LogP contribution in [0.2, 0.25) is 0 Å². The number of hydrogen-bond donors (Lipinski definition) is 2. The van der Waals surface area contributed by atoms with Gasteiger partial charge in [0.1, 0.15) is 0 Å². The molecular formula is C15H18N6O3. The van der Waals surface area contributed by atoms with Crippen molar-refractivity contribution >= 4 is 12.0 Å². The van der Waals surface area contributed by atoms with Crippen LogP contribution < -0.4 is 10.1 Å². The summed E-state index contributed by atoms with van der Waals surface area (Å²) in [7, 11) is 1.52. The van der Waals surface area contributed by atoms with E-state index in [4.69, 9.17) is 9.84 Å². The smallest absolute Gasteiger partial charge is 0.407 e. The first-order valence-electron chi connectivity index (χ1n) is 7.61. The summed E-state index contributed by atoms with van der Waals surface area (Å²) in [5.74, 6) is 0.834. The average molecular weight is 330 g/mol. The van der Waals surface area contributed by atoms with Crippen LogP contribution in [0.25, 0.3) is 11.3 Å². The summed E-state index contributed by atoms with van der Waals surface area (Å²) >= 11 is 0. The lowest BCUT2D eigenvalue weighted by atomic mass is 10.1. The lowest BCUT2D eigenvalue weighted by molar-refractivity contribution is 0.132. The Morgan fingerprint density at radius 3 is 3.08 bits per heavy atom. The largest absolute Gasteiger partial charge is 0.479 e. The highest BCUT2D eigenvalue weighted by Gasteiger charge is 2.23. The molecule has 3 rings (SSSR count). The molecule has 1 aliphatic heterocycles. The van der Waals surface area contributed by atoms with Crippen molar-refractivity contribution in [2.75, 3.05) is 25.5 Å². The zero-order valence-electron chi connectivity index (χ0n) is 13.2. The van der Waals surface area contributed by atoms with Gasteiger partial charge in [-0.25, -0.2) is 14.8 Å². The number of rotatable bonds is 4. The molecule has 0 bridgehead atoms. The highest BCUT2D eigenvalue weighted by molar-refractivity contribution is 5.66. The molecule has 126 valence electrons. The zero-order valence-corrected chi connectivity index (χ0v) is 13.2. The second kappa shape index (κ2) is 7.07. The van der Waals surface area contributed by atoms with Crippen LogP contribution in [-0.4, -0.2) is 62.5 Å². The van der Waals surface area contributed by atoms with Crippen LogP contribution in [-0.2, 0) is 0 Å². The fourth-order valence-corrected chi connectivity index (χ4v) is 2.69. The molecule has 0 radical (unpaired) electrons. The van der Waals surface area contributed by atoms with Crippen LogP contribution in [0.1, 0.15) is 12.8 Å². The first-order chi connectivity index (χ1) is 11.7. The van der Waals surface area contributed by atoms with Crippen LogP contribution in [0.4, 0.5) is 10.7 Å². The molecule has 1 amide bonds. The number of nitrogens with one attached hydrogen (secondary N) is 1. The van der Waals surface area contributed by atoms with Gasteiger partial charge in [-0.3, -0.25) is 0 Å². The van der Waals surface area contributed by atoms with Gasteiger partial charge in [0.05, 0.1) is 24.6 Å². The highest BCUT2D eigenvalue weighted by Crippen LogP contribution is 2.25. The highest BCUT2D eigenvalue weighted by atomic mass is 16.5. The monoisotopic (exact) mass is 330 g/mol. The molecule has 1 aliphatic rings. The van der Waals surface area contributed by atoms with Gasteiger partial charge in [0.25, 0.3) is 0 Å². The van der Waals surface area contributed by atoms with E-state index in [1.165, 1.54) is 12.0 Å². The lowest BCUT2D eigenvalue weighted by Gasteiger charge is -2.31. The van der Waals surface area contributed by atoms with E-state index in [0.717, 1.165) is 12.8 Å². The number of amides is 1. The van der Waals surface area contributed by atoms with Crippen LogP contribution in [0.15, 0.2) is 24.5 Å². The van der Waals surface area contributed by atoms with Gasteiger partial charge in [-0.05, 0) is 25.0 Å². The maximum Gasteiger partial charge on any atom is 0.407 e. The number of methoxy groups -OCH3 is 1. The molecule has 9 nitrogen and oxygen atoms in total. The third-order valence-electron chi connectivity index (χ3n) is 3.84. The minimum atomic E-state index is -0.899. The predicted molar refractivity (Wildman–Crippen MR) is 85.9 cm³/mol. The lowest BCUT2D eigenvalue weighted by Crippen LogP contribution is -2.44. The Labute approximate surface area is 138 Å². The predicted octanol–water partition coefficient (Wildman–Crippen LogP) is 1.50. The maximum atomic E-state index is 11.1. The summed E-state index contributed by atoms with van der Waals surface area (Å²) in [6, 6.07) is 3.52. The van der Waals surface area contributed by atoms with Crippen molar-refractivity contribution in [1.82, 2.24) is 25.1 Å². The number of anilines is 1. The molecule has 2 aromatic heterocycles. The summed E-state index contributed by atoms with van der Waals surface area (Å²) < 4.78 is 5.20. The molecule has 0 unspecified atom stereocenters. The number of carboxylic acid groups (broad SMARTS) is 1. The molecule has 1 fully saturated rings. The van der Waals surface area contributed by atoms with Gasteiger partial charge in [-0.15, -0.1) is 5.10 Å². The number of ether oxygens (including phenoxy) is 1. The molecule has 2 aromatic rings. The molecule has 9 heteroatoms. The van der Waals surface area contributed by atoms with Crippen molar-refractivity contribution in [3.05, 3.63) is 24.5 Å². The third kappa shape index (κ3) is 3.50. The molecule has 1 saturated heterocycles. The molecular weight excluding hydrogens is 312 g/mol. The van der Waals surface area contributed by atoms with Gasteiger partial charge < -0.3 is 20.1 Å². The van der Waals surface area contributed by atoms with E-state index in [9.17, 15) is 4.79 Å². The summed E-state index contributed by atoms with van der Waals surface area (Å²) in [5.41, 5.74) is 1.37. The van der Waals surface area contributed by atoms with Gasteiger partial charge in [-0.1, -0.05) is 0 Å². The Kier molecular flexibility index (Phi) is 4.69. The van der Waals surface area contributed by atoms with E-state index in [0.29, 0.717) is 36.2 Å². The average Bonchev–Trinajstić information content (AvgIpc) is 2.62. The summed E-state index contributed by atoms with van der Waals surface area (Å²) in [6.07, 6.45) is 3.99. The van der Waals surface area contributed by atoms with E-state index < -0.39 is 6.09 Å². The van der Waals surface area contributed by atoms with Crippen molar-refractivity contribution in [3.63, 3.8) is 0 Å². The minimum Gasteiger partial charge on any atom is -0.479 e. The first kappa shape index (κ1) is 15.9. The first-order valence-corrected chi connectivity index (χ1v) is 7.61.